The van der Waals surface area contributed by atoms with Crippen molar-refractivity contribution in [2.24, 2.45) is 0 Å². The van der Waals surface area contributed by atoms with Crippen LogP contribution in [-0.2, 0) is 4.79 Å². The molecule has 0 aliphatic carbocycles. The fourth-order valence-corrected chi connectivity index (χ4v) is 2.52. The molecule has 0 bridgehead atoms. The van der Waals surface area contributed by atoms with Gasteiger partial charge in [0.1, 0.15) is 0 Å². The Bertz CT molecular complexity index is 540. The zero-order chi connectivity index (χ0) is 14.9. The number of nitrogens with one attached hydrogen (secondary N) is 1. The van der Waals surface area contributed by atoms with E-state index in [4.69, 9.17) is 0 Å². The number of amides is 2. The molecule has 1 atom stereocenters. The van der Waals surface area contributed by atoms with Crippen LogP contribution < -0.4 is 5.32 Å². The molecule has 1 aliphatic rings. The van der Waals surface area contributed by atoms with E-state index in [1.807, 2.05) is 13.8 Å². The Morgan fingerprint density at radius 1 is 1.40 bits per heavy atom. The summed E-state index contributed by atoms with van der Waals surface area (Å²) in [5.74, 6) is -0.301. The van der Waals surface area contributed by atoms with Crippen LogP contribution >= 0.6 is 0 Å². The SMILES string of the molecule is CC(=O)Nc1cccc(C(=O)N2CCC(O)C2(C)C)c1. The summed E-state index contributed by atoms with van der Waals surface area (Å²) in [5, 5.41) is 12.6. The molecule has 0 spiro atoms. The lowest BCUT2D eigenvalue weighted by molar-refractivity contribution is -0.114. The monoisotopic (exact) mass is 276 g/mol. The van der Waals surface area contributed by atoms with Crippen LogP contribution in [-0.4, -0.2) is 40.0 Å². The fraction of sp³-hybridized carbons (Fsp3) is 0.467. The van der Waals surface area contributed by atoms with Crippen molar-refractivity contribution in [3.8, 4) is 0 Å². The Balaban J connectivity index is 2.23. The van der Waals surface area contributed by atoms with E-state index >= 15 is 0 Å². The molecule has 20 heavy (non-hydrogen) atoms. The van der Waals surface area contributed by atoms with E-state index in [1.54, 1.807) is 29.2 Å². The second-order valence-electron chi connectivity index (χ2n) is 5.68. The lowest BCUT2D eigenvalue weighted by Crippen LogP contribution is -2.48. The van der Waals surface area contributed by atoms with E-state index in [0.717, 1.165) is 0 Å². The molecule has 0 radical (unpaired) electrons. The average Bonchev–Trinajstić information content (AvgIpc) is 2.63. The van der Waals surface area contributed by atoms with E-state index in [9.17, 15) is 14.7 Å². The number of aliphatic hydroxyl groups excluding tert-OH is 1. The molecule has 1 unspecified atom stereocenters. The van der Waals surface area contributed by atoms with Crippen LogP contribution in [0.15, 0.2) is 24.3 Å². The number of anilines is 1. The third-order valence-electron chi connectivity index (χ3n) is 3.81. The van der Waals surface area contributed by atoms with Gasteiger partial charge in [-0.1, -0.05) is 6.07 Å². The normalized spacial score (nSPS) is 20.8. The lowest BCUT2D eigenvalue weighted by Gasteiger charge is -2.33. The standard InChI is InChI=1S/C15H20N2O3/c1-10(18)16-12-6-4-5-11(9-12)14(20)17-8-7-13(19)15(17,2)3/h4-6,9,13,19H,7-8H2,1-3H3,(H,16,18). The Morgan fingerprint density at radius 3 is 2.65 bits per heavy atom. The highest BCUT2D eigenvalue weighted by Crippen LogP contribution is 2.30. The third kappa shape index (κ3) is 2.67. The van der Waals surface area contributed by atoms with Gasteiger partial charge in [0.05, 0.1) is 11.6 Å². The smallest absolute Gasteiger partial charge is 0.254 e. The molecule has 2 amide bonds. The van der Waals surface area contributed by atoms with Crippen molar-refractivity contribution in [2.75, 3.05) is 11.9 Å². The number of rotatable bonds is 2. The minimum Gasteiger partial charge on any atom is -0.391 e. The van der Waals surface area contributed by atoms with Gasteiger partial charge in [-0.2, -0.15) is 0 Å². The molecule has 1 aliphatic heterocycles. The molecule has 1 heterocycles. The first kappa shape index (κ1) is 14.5. The second-order valence-corrected chi connectivity index (χ2v) is 5.68. The van der Waals surface area contributed by atoms with Gasteiger partial charge in [-0.05, 0) is 38.5 Å². The van der Waals surface area contributed by atoms with Gasteiger partial charge in [-0.25, -0.2) is 0 Å². The topological polar surface area (TPSA) is 69.6 Å². The number of carbonyl (C=O) groups is 2. The van der Waals surface area contributed by atoms with E-state index < -0.39 is 11.6 Å². The van der Waals surface area contributed by atoms with Crippen molar-refractivity contribution in [2.45, 2.75) is 38.8 Å². The Labute approximate surface area is 118 Å². The molecular weight excluding hydrogens is 256 g/mol. The molecule has 2 N–H and O–H groups in total. The molecular formula is C15H20N2O3. The zero-order valence-electron chi connectivity index (χ0n) is 12.0. The quantitative estimate of drug-likeness (QED) is 0.862. The van der Waals surface area contributed by atoms with Gasteiger partial charge in [-0.3, -0.25) is 9.59 Å². The van der Waals surface area contributed by atoms with Crippen molar-refractivity contribution in [3.63, 3.8) is 0 Å². The van der Waals surface area contributed by atoms with E-state index in [-0.39, 0.29) is 11.8 Å². The molecule has 1 saturated heterocycles. The van der Waals surface area contributed by atoms with Crippen LogP contribution in [0.2, 0.25) is 0 Å². The molecule has 2 rings (SSSR count). The summed E-state index contributed by atoms with van der Waals surface area (Å²) < 4.78 is 0. The number of aliphatic hydroxyl groups is 1. The van der Waals surface area contributed by atoms with E-state index in [2.05, 4.69) is 5.32 Å². The van der Waals surface area contributed by atoms with Crippen molar-refractivity contribution in [1.29, 1.82) is 0 Å². The van der Waals surface area contributed by atoms with Crippen LogP contribution in [0.5, 0.6) is 0 Å². The first-order chi connectivity index (χ1) is 9.32. The summed E-state index contributed by atoms with van der Waals surface area (Å²) in [7, 11) is 0. The predicted octanol–water partition coefficient (Wildman–Crippen LogP) is 1.63. The Hall–Kier alpha value is -1.88. The van der Waals surface area contributed by atoms with Crippen LogP contribution in [0.4, 0.5) is 5.69 Å². The maximum Gasteiger partial charge on any atom is 0.254 e. The predicted molar refractivity (Wildman–Crippen MR) is 76.5 cm³/mol. The van der Waals surface area contributed by atoms with Crippen molar-refractivity contribution in [1.82, 2.24) is 4.90 Å². The van der Waals surface area contributed by atoms with Crippen molar-refractivity contribution in [3.05, 3.63) is 29.8 Å². The van der Waals surface area contributed by atoms with Gasteiger partial charge < -0.3 is 15.3 Å². The van der Waals surface area contributed by atoms with Crippen LogP contribution in [0.25, 0.3) is 0 Å². The molecule has 1 aromatic rings. The molecule has 1 aromatic carbocycles. The summed E-state index contributed by atoms with van der Waals surface area (Å²) in [5.41, 5.74) is 0.542. The average molecular weight is 276 g/mol. The first-order valence-electron chi connectivity index (χ1n) is 6.70. The lowest BCUT2D eigenvalue weighted by atomic mass is 9.98. The minimum absolute atomic E-state index is 0.126. The molecule has 0 saturated carbocycles. The van der Waals surface area contributed by atoms with Crippen LogP contribution in [0, 0.1) is 0 Å². The zero-order valence-corrected chi connectivity index (χ0v) is 12.0. The first-order valence-corrected chi connectivity index (χ1v) is 6.70. The van der Waals surface area contributed by atoms with Gasteiger partial charge in [0.25, 0.3) is 5.91 Å². The molecule has 0 aromatic heterocycles. The van der Waals surface area contributed by atoms with Gasteiger partial charge in [0.15, 0.2) is 0 Å². The Kier molecular flexibility index (Phi) is 3.81. The summed E-state index contributed by atoms with van der Waals surface area (Å²) in [4.78, 5) is 25.3. The number of hydrogen-bond donors (Lipinski definition) is 2. The number of benzene rings is 1. The maximum absolute atomic E-state index is 12.5. The van der Waals surface area contributed by atoms with Crippen molar-refractivity contribution >= 4 is 17.5 Å². The van der Waals surface area contributed by atoms with Gasteiger partial charge >= 0.3 is 0 Å². The van der Waals surface area contributed by atoms with Gasteiger partial charge in [0.2, 0.25) is 5.91 Å². The Morgan fingerprint density at radius 2 is 2.10 bits per heavy atom. The van der Waals surface area contributed by atoms with Crippen LogP contribution in [0.1, 0.15) is 37.6 Å². The highest BCUT2D eigenvalue weighted by Gasteiger charge is 2.43. The largest absolute Gasteiger partial charge is 0.391 e. The van der Waals surface area contributed by atoms with Crippen molar-refractivity contribution < 1.29 is 14.7 Å². The summed E-state index contributed by atoms with van der Waals surface area (Å²) >= 11 is 0. The number of carbonyl (C=O) groups excluding carboxylic acids is 2. The number of nitrogens with zero attached hydrogens (tertiary/aromatic N) is 1. The number of likely N-dealkylation sites (tertiary alicyclic amines) is 1. The minimum atomic E-state index is -0.568. The fourth-order valence-electron chi connectivity index (χ4n) is 2.52. The maximum atomic E-state index is 12.5. The van der Waals surface area contributed by atoms with Crippen LogP contribution in [0.3, 0.4) is 0 Å². The summed E-state index contributed by atoms with van der Waals surface area (Å²) in [6.45, 7) is 5.69. The molecule has 108 valence electrons. The summed E-state index contributed by atoms with van der Waals surface area (Å²) in [6.07, 6.45) is 0.0781. The number of hydrogen-bond acceptors (Lipinski definition) is 3. The molecule has 5 heteroatoms. The third-order valence-corrected chi connectivity index (χ3v) is 3.81. The van der Waals surface area contributed by atoms with Gasteiger partial charge in [0, 0.05) is 24.7 Å². The second kappa shape index (κ2) is 5.25. The molecule has 5 nitrogen and oxygen atoms in total. The van der Waals surface area contributed by atoms with E-state index in [0.29, 0.717) is 24.2 Å². The molecule has 1 fully saturated rings. The highest BCUT2D eigenvalue weighted by molar-refractivity contribution is 5.97. The van der Waals surface area contributed by atoms with Gasteiger partial charge in [-0.15, -0.1) is 0 Å². The summed E-state index contributed by atoms with van der Waals surface area (Å²) in [6, 6.07) is 6.85. The highest BCUT2D eigenvalue weighted by atomic mass is 16.3. The van der Waals surface area contributed by atoms with E-state index in [1.165, 1.54) is 6.92 Å².